The average molecular weight is 303 g/mol. The Morgan fingerprint density at radius 3 is 2.76 bits per heavy atom. The summed E-state index contributed by atoms with van der Waals surface area (Å²) in [7, 11) is 0. The third kappa shape index (κ3) is 2.28. The lowest BCUT2D eigenvalue weighted by Crippen LogP contribution is -2.15. The van der Waals surface area contributed by atoms with E-state index in [0.29, 0.717) is 0 Å². The van der Waals surface area contributed by atoms with Crippen LogP contribution in [0.5, 0.6) is 0 Å². The zero-order chi connectivity index (χ0) is 11.7. The lowest BCUT2D eigenvalue weighted by molar-refractivity contribution is 1.50. The van der Waals surface area contributed by atoms with Gasteiger partial charge in [-0.15, -0.1) is 11.3 Å². The predicted molar refractivity (Wildman–Crippen MR) is 79.4 cm³/mol. The molecule has 0 spiro atoms. The quantitative estimate of drug-likeness (QED) is 0.753. The van der Waals surface area contributed by atoms with Crippen LogP contribution in [0.4, 0.5) is 0 Å². The first-order valence-corrected chi connectivity index (χ1v) is 7.17. The van der Waals surface area contributed by atoms with E-state index in [1.165, 1.54) is 20.2 Å². The molecule has 0 amide bonds. The van der Waals surface area contributed by atoms with Crippen molar-refractivity contribution in [3.8, 4) is 10.4 Å². The molecule has 0 nitrogen and oxygen atoms in total. The van der Waals surface area contributed by atoms with Gasteiger partial charge in [-0.2, -0.15) is 0 Å². The highest BCUT2D eigenvalue weighted by molar-refractivity contribution is 9.10. The highest BCUT2D eigenvalue weighted by Gasteiger charge is 2.01. The Balaban J connectivity index is 2.15. The SMILES string of the molecule is Brc1ccc(-c2cc3c(s2)=CCC=CC=3)cc1. The molecule has 0 unspecified atom stereocenters. The monoisotopic (exact) mass is 302 g/mol. The summed E-state index contributed by atoms with van der Waals surface area (Å²) in [5.41, 5.74) is 1.29. The van der Waals surface area contributed by atoms with Crippen molar-refractivity contribution in [2.75, 3.05) is 0 Å². The minimum Gasteiger partial charge on any atom is -0.136 e. The molecule has 0 bridgehead atoms. The van der Waals surface area contributed by atoms with Crippen molar-refractivity contribution < 1.29 is 0 Å². The molecule has 2 heteroatoms. The largest absolute Gasteiger partial charge is 0.136 e. The molecule has 1 aromatic carbocycles. The van der Waals surface area contributed by atoms with Crippen LogP contribution in [0, 0.1) is 0 Å². The van der Waals surface area contributed by atoms with Gasteiger partial charge in [-0.05, 0) is 35.4 Å². The van der Waals surface area contributed by atoms with Gasteiger partial charge in [0.15, 0.2) is 0 Å². The lowest BCUT2D eigenvalue weighted by Gasteiger charge is -1.96. The molecule has 17 heavy (non-hydrogen) atoms. The van der Waals surface area contributed by atoms with Crippen LogP contribution in [0.25, 0.3) is 22.6 Å². The Hall–Kier alpha value is -1.12. The van der Waals surface area contributed by atoms with Gasteiger partial charge >= 0.3 is 0 Å². The van der Waals surface area contributed by atoms with Gasteiger partial charge in [-0.3, -0.25) is 0 Å². The normalized spacial score (nSPS) is 13.5. The van der Waals surface area contributed by atoms with Crippen molar-refractivity contribution in [1.82, 2.24) is 0 Å². The second-order valence-electron chi connectivity index (χ2n) is 3.97. The molecule has 2 aromatic rings. The summed E-state index contributed by atoms with van der Waals surface area (Å²) in [5, 5.41) is 1.33. The number of hydrogen-bond acceptors (Lipinski definition) is 1. The number of fused-ring (bicyclic) bond motifs is 1. The summed E-state index contributed by atoms with van der Waals surface area (Å²) in [5.74, 6) is 0. The molecule has 1 aromatic heterocycles. The van der Waals surface area contributed by atoms with Gasteiger partial charge in [0.2, 0.25) is 0 Å². The zero-order valence-electron chi connectivity index (χ0n) is 9.19. The van der Waals surface area contributed by atoms with Gasteiger partial charge < -0.3 is 0 Å². The maximum Gasteiger partial charge on any atom is 0.0355 e. The van der Waals surface area contributed by atoms with Crippen LogP contribution in [-0.4, -0.2) is 0 Å². The van der Waals surface area contributed by atoms with Gasteiger partial charge in [-0.1, -0.05) is 52.4 Å². The molecule has 1 aliphatic rings. The maximum absolute atomic E-state index is 3.47. The standard InChI is InChI=1S/C15H11BrS/c16-13-8-6-11(7-9-13)15-10-12-4-2-1-3-5-14(12)17-15/h1-2,4-10H,3H2. The van der Waals surface area contributed by atoms with Crippen LogP contribution in [0.3, 0.4) is 0 Å². The fraction of sp³-hybridized carbons (Fsp3) is 0.0667. The number of rotatable bonds is 1. The van der Waals surface area contributed by atoms with Gasteiger partial charge in [0.1, 0.15) is 0 Å². The van der Waals surface area contributed by atoms with Crippen LogP contribution in [-0.2, 0) is 0 Å². The van der Waals surface area contributed by atoms with E-state index in [-0.39, 0.29) is 0 Å². The van der Waals surface area contributed by atoms with Gasteiger partial charge in [0.25, 0.3) is 0 Å². The third-order valence-corrected chi connectivity index (χ3v) is 4.50. The van der Waals surface area contributed by atoms with Crippen LogP contribution < -0.4 is 9.75 Å². The summed E-state index contributed by atoms with van der Waals surface area (Å²) in [6.45, 7) is 0. The van der Waals surface area contributed by atoms with Crippen molar-refractivity contribution in [1.29, 1.82) is 0 Å². The topological polar surface area (TPSA) is 0 Å². The summed E-state index contributed by atoms with van der Waals surface area (Å²) in [6, 6.07) is 10.8. The molecule has 0 saturated carbocycles. The highest BCUT2D eigenvalue weighted by Crippen LogP contribution is 2.22. The molecule has 1 heterocycles. The first kappa shape index (κ1) is 11.0. The van der Waals surface area contributed by atoms with Crippen molar-refractivity contribution in [2.24, 2.45) is 0 Å². The second kappa shape index (κ2) is 4.63. The van der Waals surface area contributed by atoms with Crippen molar-refractivity contribution in [2.45, 2.75) is 6.42 Å². The number of hydrogen-bond donors (Lipinski definition) is 0. The van der Waals surface area contributed by atoms with Gasteiger partial charge in [0.05, 0.1) is 0 Å². The minimum absolute atomic E-state index is 1.03. The fourth-order valence-corrected chi connectivity index (χ4v) is 3.26. The zero-order valence-corrected chi connectivity index (χ0v) is 11.6. The van der Waals surface area contributed by atoms with E-state index in [1.54, 1.807) is 0 Å². The van der Waals surface area contributed by atoms with Crippen LogP contribution in [0.1, 0.15) is 6.42 Å². The Bertz CT molecular complexity index is 675. The first-order chi connectivity index (χ1) is 8.33. The summed E-state index contributed by atoms with van der Waals surface area (Å²) in [4.78, 5) is 1.34. The number of benzene rings is 1. The predicted octanol–water partition coefficient (Wildman–Crippen LogP) is 3.70. The average Bonchev–Trinajstić information content (AvgIpc) is 2.62. The van der Waals surface area contributed by atoms with Crippen molar-refractivity contribution >= 4 is 39.4 Å². The van der Waals surface area contributed by atoms with Crippen molar-refractivity contribution in [3.63, 3.8) is 0 Å². The molecule has 3 rings (SSSR count). The molecular formula is C15H11BrS. The second-order valence-corrected chi connectivity index (χ2v) is 5.97. The fourth-order valence-electron chi connectivity index (χ4n) is 1.89. The Labute approximate surface area is 113 Å². The molecule has 0 saturated heterocycles. The third-order valence-electron chi connectivity index (χ3n) is 2.77. The van der Waals surface area contributed by atoms with Crippen molar-refractivity contribution in [3.05, 3.63) is 56.7 Å². The smallest absolute Gasteiger partial charge is 0.0355 e. The van der Waals surface area contributed by atoms with E-state index >= 15 is 0 Å². The summed E-state index contributed by atoms with van der Waals surface area (Å²) < 4.78 is 2.51. The lowest BCUT2D eigenvalue weighted by atomic mass is 10.2. The van der Waals surface area contributed by atoms with Crippen LogP contribution >= 0.6 is 27.3 Å². The highest BCUT2D eigenvalue weighted by atomic mass is 79.9. The van der Waals surface area contributed by atoms with E-state index in [4.69, 9.17) is 0 Å². The minimum atomic E-state index is 1.03. The van der Waals surface area contributed by atoms with Gasteiger partial charge in [-0.25, -0.2) is 0 Å². The maximum atomic E-state index is 3.47. The number of thiophene rings is 1. The van der Waals surface area contributed by atoms with Crippen LogP contribution in [0.2, 0.25) is 0 Å². The van der Waals surface area contributed by atoms with E-state index in [0.717, 1.165) is 10.9 Å². The van der Waals surface area contributed by atoms with Crippen LogP contribution in [0.15, 0.2) is 47.0 Å². The van der Waals surface area contributed by atoms with E-state index in [9.17, 15) is 0 Å². The molecule has 0 atom stereocenters. The molecule has 0 aliphatic heterocycles. The Morgan fingerprint density at radius 2 is 1.94 bits per heavy atom. The molecule has 0 radical (unpaired) electrons. The first-order valence-electron chi connectivity index (χ1n) is 5.56. The molecule has 0 fully saturated rings. The molecule has 0 N–H and O–H groups in total. The molecule has 84 valence electrons. The Morgan fingerprint density at radius 1 is 1.12 bits per heavy atom. The number of allylic oxidation sites excluding steroid dienone is 2. The summed E-state index contributed by atoms with van der Waals surface area (Å²) >= 11 is 5.33. The van der Waals surface area contributed by atoms with E-state index in [2.05, 4.69) is 70.6 Å². The van der Waals surface area contributed by atoms with Gasteiger partial charge in [0, 0.05) is 13.9 Å². The Kier molecular flexibility index (Phi) is 3.00. The summed E-state index contributed by atoms with van der Waals surface area (Å²) in [6.07, 6.45) is 9.84. The van der Waals surface area contributed by atoms with E-state index < -0.39 is 0 Å². The molecule has 1 aliphatic carbocycles. The number of halogens is 1. The molecular weight excluding hydrogens is 292 g/mol. The van der Waals surface area contributed by atoms with E-state index in [1.807, 2.05) is 11.3 Å².